The van der Waals surface area contributed by atoms with E-state index in [0.717, 1.165) is 10.0 Å². The molecule has 2 aromatic carbocycles. The fourth-order valence-electron chi connectivity index (χ4n) is 1.62. The van der Waals surface area contributed by atoms with Crippen molar-refractivity contribution in [3.05, 3.63) is 63.4 Å². The first-order valence-electron chi connectivity index (χ1n) is 5.67. The molecule has 0 N–H and O–H groups in total. The van der Waals surface area contributed by atoms with Crippen LogP contribution in [0.25, 0.3) is 0 Å². The summed E-state index contributed by atoms with van der Waals surface area (Å²) >= 11 is 3.37. The van der Waals surface area contributed by atoms with Crippen LogP contribution >= 0.6 is 15.9 Å². The minimum atomic E-state index is -0.424. The summed E-state index contributed by atoms with van der Waals surface area (Å²) in [4.78, 5) is 0. The second-order valence-electron chi connectivity index (χ2n) is 4.12. The van der Waals surface area contributed by atoms with Gasteiger partial charge < -0.3 is 4.74 Å². The maximum absolute atomic E-state index is 13.7. The van der Waals surface area contributed by atoms with E-state index < -0.39 is 5.82 Å². The second-order valence-corrected chi connectivity index (χ2v) is 5.03. The first kappa shape index (κ1) is 13.6. The van der Waals surface area contributed by atoms with Crippen LogP contribution in [0.3, 0.4) is 0 Å². The number of hydrogen-bond donors (Lipinski definition) is 0. The smallest absolute Gasteiger partial charge is 0.131 e. The largest absolute Gasteiger partial charge is 0.488 e. The van der Waals surface area contributed by atoms with Crippen LogP contribution in [0.15, 0.2) is 40.9 Å². The van der Waals surface area contributed by atoms with Crippen molar-refractivity contribution in [3.63, 3.8) is 0 Å². The molecule has 0 saturated carbocycles. The molecule has 2 rings (SSSR count). The van der Waals surface area contributed by atoms with Crippen molar-refractivity contribution >= 4 is 15.9 Å². The molecule has 0 aliphatic carbocycles. The Bertz CT molecular complexity index is 649. The average molecular weight is 320 g/mol. The highest BCUT2D eigenvalue weighted by atomic mass is 79.9. The lowest BCUT2D eigenvalue weighted by Gasteiger charge is -2.10. The van der Waals surface area contributed by atoms with Crippen molar-refractivity contribution in [2.45, 2.75) is 13.5 Å². The summed E-state index contributed by atoms with van der Waals surface area (Å²) in [5.41, 5.74) is 1.72. The monoisotopic (exact) mass is 319 g/mol. The molecular formula is C15H11BrFNO. The van der Waals surface area contributed by atoms with Crippen LogP contribution < -0.4 is 4.74 Å². The molecule has 0 atom stereocenters. The van der Waals surface area contributed by atoms with Gasteiger partial charge in [-0.05, 0) is 36.8 Å². The van der Waals surface area contributed by atoms with Gasteiger partial charge in [-0.1, -0.05) is 28.1 Å². The van der Waals surface area contributed by atoms with Crippen molar-refractivity contribution in [2.75, 3.05) is 0 Å². The molecule has 96 valence electrons. The highest BCUT2D eigenvalue weighted by molar-refractivity contribution is 9.10. The molecule has 0 aromatic heterocycles. The Morgan fingerprint density at radius 3 is 2.74 bits per heavy atom. The highest BCUT2D eigenvalue weighted by Gasteiger charge is 2.06. The number of aryl methyl sites for hydroxylation is 1. The van der Waals surface area contributed by atoms with Crippen LogP contribution in [0.1, 0.15) is 16.7 Å². The van der Waals surface area contributed by atoms with Crippen LogP contribution in [0.4, 0.5) is 4.39 Å². The minimum Gasteiger partial charge on any atom is -0.488 e. The SMILES string of the molecule is Cc1ccc(Br)cc1OCc1ccc(C#N)cc1F. The number of nitriles is 1. The molecule has 0 saturated heterocycles. The lowest BCUT2D eigenvalue weighted by atomic mass is 10.1. The third-order valence-electron chi connectivity index (χ3n) is 2.72. The first-order valence-corrected chi connectivity index (χ1v) is 6.47. The maximum atomic E-state index is 13.7. The molecule has 0 spiro atoms. The number of ether oxygens (including phenoxy) is 1. The van der Waals surface area contributed by atoms with E-state index in [1.807, 2.05) is 31.2 Å². The molecule has 2 nitrogen and oxygen atoms in total. The standard InChI is InChI=1S/C15H11BrFNO/c1-10-2-5-13(16)7-15(10)19-9-12-4-3-11(8-18)6-14(12)17/h2-7H,9H2,1H3. The van der Waals surface area contributed by atoms with Gasteiger partial charge >= 0.3 is 0 Å². The minimum absolute atomic E-state index is 0.134. The fraction of sp³-hybridized carbons (Fsp3) is 0.133. The summed E-state index contributed by atoms with van der Waals surface area (Å²) in [6.45, 7) is 2.06. The van der Waals surface area contributed by atoms with Crippen molar-refractivity contribution in [2.24, 2.45) is 0 Å². The van der Waals surface area contributed by atoms with E-state index >= 15 is 0 Å². The lowest BCUT2D eigenvalue weighted by Crippen LogP contribution is -2.00. The van der Waals surface area contributed by atoms with Crippen LogP contribution in [0.2, 0.25) is 0 Å². The van der Waals surface area contributed by atoms with E-state index in [1.54, 1.807) is 12.1 Å². The average Bonchev–Trinajstić information content (AvgIpc) is 2.40. The van der Waals surface area contributed by atoms with E-state index in [2.05, 4.69) is 15.9 Å². The summed E-state index contributed by atoms with van der Waals surface area (Å²) in [5.74, 6) is 0.282. The highest BCUT2D eigenvalue weighted by Crippen LogP contribution is 2.24. The van der Waals surface area contributed by atoms with E-state index in [9.17, 15) is 4.39 Å². The Labute approximate surface area is 119 Å². The van der Waals surface area contributed by atoms with Gasteiger partial charge in [-0.2, -0.15) is 5.26 Å². The quantitative estimate of drug-likeness (QED) is 0.842. The Balaban J connectivity index is 2.15. The van der Waals surface area contributed by atoms with E-state index in [-0.39, 0.29) is 6.61 Å². The summed E-state index contributed by atoms with van der Waals surface area (Å²) in [7, 11) is 0. The summed E-state index contributed by atoms with van der Waals surface area (Å²) in [6.07, 6.45) is 0. The number of hydrogen-bond acceptors (Lipinski definition) is 2. The molecular weight excluding hydrogens is 309 g/mol. The number of halogens is 2. The van der Waals surface area contributed by atoms with Gasteiger partial charge in [0.05, 0.1) is 11.6 Å². The van der Waals surface area contributed by atoms with Gasteiger partial charge in [-0.3, -0.25) is 0 Å². The molecule has 19 heavy (non-hydrogen) atoms. The molecule has 2 aromatic rings. The topological polar surface area (TPSA) is 33.0 Å². The molecule has 4 heteroatoms. The molecule has 0 heterocycles. The van der Waals surface area contributed by atoms with Crippen LogP contribution in [-0.4, -0.2) is 0 Å². The molecule has 0 fully saturated rings. The van der Waals surface area contributed by atoms with E-state index in [4.69, 9.17) is 10.00 Å². The van der Waals surface area contributed by atoms with Gasteiger partial charge in [0.25, 0.3) is 0 Å². The van der Waals surface area contributed by atoms with Gasteiger partial charge in [0.15, 0.2) is 0 Å². The zero-order valence-corrected chi connectivity index (χ0v) is 11.9. The van der Waals surface area contributed by atoms with Crippen molar-refractivity contribution in [1.29, 1.82) is 5.26 Å². The van der Waals surface area contributed by atoms with E-state index in [0.29, 0.717) is 16.9 Å². The number of rotatable bonds is 3. The van der Waals surface area contributed by atoms with Gasteiger partial charge in [-0.15, -0.1) is 0 Å². The zero-order chi connectivity index (χ0) is 13.8. The summed E-state index contributed by atoms with van der Waals surface area (Å²) in [6, 6.07) is 12.0. The van der Waals surface area contributed by atoms with Crippen molar-refractivity contribution in [3.8, 4) is 11.8 Å². The summed E-state index contributed by atoms with van der Waals surface area (Å²) < 4.78 is 20.2. The van der Waals surface area contributed by atoms with Crippen LogP contribution in [0.5, 0.6) is 5.75 Å². The molecule has 0 amide bonds. The molecule has 0 radical (unpaired) electrons. The summed E-state index contributed by atoms with van der Waals surface area (Å²) in [5, 5.41) is 8.67. The Kier molecular flexibility index (Phi) is 4.18. The molecule has 0 aliphatic rings. The molecule has 0 aliphatic heterocycles. The fourth-order valence-corrected chi connectivity index (χ4v) is 1.96. The maximum Gasteiger partial charge on any atom is 0.131 e. The normalized spacial score (nSPS) is 10.0. The second kappa shape index (κ2) is 5.85. The van der Waals surface area contributed by atoms with Gasteiger partial charge in [-0.25, -0.2) is 4.39 Å². The predicted octanol–water partition coefficient (Wildman–Crippen LogP) is 4.35. The van der Waals surface area contributed by atoms with Gasteiger partial charge in [0, 0.05) is 10.0 Å². The Morgan fingerprint density at radius 1 is 1.26 bits per heavy atom. The predicted molar refractivity (Wildman–Crippen MR) is 74.3 cm³/mol. The first-order chi connectivity index (χ1) is 9.10. The van der Waals surface area contributed by atoms with E-state index in [1.165, 1.54) is 6.07 Å². The van der Waals surface area contributed by atoms with Crippen LogP contribution in [-0.2, 0) is 6.61 Å². The molecule has 0 bridgehead atoms. The zero-order valence-electron chi connectivity index (χ0n) is 10.3. The van der Waals surface area contributed by atoms with Crippen molar-refractivity contribution in [1.82, 2.24) is 0 Å². The third-order valence-corrected chi connectivity index (χ3v) is 3.21. The van der Waals surface area contributed by atoms with Gasteiger partial charge in [0.1, 0.15) is 18.2 Å². The van der Waals surface area contributed by atoms with Gasteiger partial charge in [0.2, 0.25) is 0 Å². The number of benzene rings is 2. The Morgan fingerprint density at radius 2 is 2.05 bits per heavy atom. The van der Waals surface area contributed by atoms with Crippen molar-refractivity contribution < 1.29 is 9.13 Å². The Hall–Kier alpha value is -1.86. The molecule has 0 unspecified atom stereocenters. The number of nitrogens with zero attached hydrogens (tertiary/aromatic N) is 1. The third kappa shape index (κ3) is 3.33. The van der Waals surface area contributed by atoms with Crippen LogP contribution in [0, 0.1) is 24.1 Å². The lowest BCUT2D eigenvalue weighted by molar-refractivity contribution is 0.297.